The fourth-order valence-corrected chi connectivity index (χ4v) is 1.39. The molecule has 0 bridgehead atoms. The van der Waals surface area contributed by atoms with Crippen LogP contribution >= 0.6 is 0 Å². The molecule has 0 aliphatic heterocycles. The predicted molar refractivity (Wildman–Crippen MR) is 51.6 cm³/mol. The maximum absolute atomic E-state index is 5.56. The highest BCUT2D eigenvalue weighted by Crippen LogP contribution is 2.39. The minimum Gasteiger partial charge on any atom is -0.399 e. The SMILES string of the molecule is C=C(N)c1ccc(C2CC2)cc1. The third-order valence-electron chi connectivity index (χ3n) is 2.33. The molecule has 2 rings (SSSR count). The molecular weight excluding hydrogens is 146 g/mol. The van der Waals surface area contributed by atoms with Crippen molar-refractivity contribution < 1.29 is 0 Å². The molecule has 1 heteroatoms. The normalized spacial score (nSPS) is 16.0. The molecule has 0 spiro atoms. The molecule has 0 amide bonds. The smallest absolute Gasteiger partial charge is 0.0314 e. The molecule has 0 atom stereocenters. The van der Waals surface area contributed by atoms with Gasteiger partial charge in [-0.1, -0.05) is 30.8 Å². The highest BCUT2D eigenvalue weighted by Gasteiger charge is 2.22. The average Bonchev–Trinajstić information content (AvgIpc) is 2.87. The van der Waals surface area contributed by atoms with Crippen LogP contribution in [0.25, 0.3) is 5.70 Å². The highest BCUT2D eigenvalue weighted by atomic mass is 14.6. The predicted octanol–water partition coefficient (Wildman–Crippen LogP) is 2.49. The highest BCUT2D eigenvalue weighted by molar-refractivity contribution is 5.60. The number of rotatable bonds is 2. The summed E-state index contributed by atoms with van der Waals surface area (Å²) < 4.78 is 0. The molecule has 62 valence electrons. The van der Waals surface area contributed by atoms with Crippen molar-refractivity contribution in [2.45, 2.75) is 18.8 Å². The second-order valence-corrected chi connectivity index (χ2v) is 3.42. The zero-order chi connectivity index (χ0) is 8.55. The lowest BCUT2D eigenvalue weighted by molar-refractivity contribution is 1.13. The summed E-state index contributed by atoms with van der Waals surface area (Å²) in [4.78, 5) is 0. The van der Waals surface area contributed by atoms with Gasteiger partial charge < -0.3 is 5.73 Å². The van der Waals surface area contributed by atoms with E-state index in [-0.39, 0.29) is 0 Å². The van der Waals surface area contributed by atoms with Crippen LogP contribution in [0.4, 0.5) is 0 Å². The first-order valence-electron chi connectivity index (χ1n) is 4.32. The number of benzene rings is 1. The van der Waals surface area contributed by atoms with E-state index in [0.717, 1.165) is 11.5 Å². The second kappa shape index (κ2) is 2.67. The molecule has 0 radical (unpaired) electrons. The molecule has 2 N–H and O–H groups in total. The van der Waals surface area contributed by atoms with Crippen molar-refractivity contribution >= 4 is 5.70 Å². The zero-order valence-corrected chi connectivity index (χ0v) is 7.09. The lowest BCUT2D eigenvalue weighted by Gasteiger charge is -2.01. The van der Waals surface area contributed by atoms with Gasteiger partial charge in [0.25, 0.3) is 0 Å². The van der Waals surface area contributed by atoms with E-state index in [9.17, 15) is 0 Å². The minimum atomic E-state index is 0.650. The molecule has 1 aliphatic carbocycles. The van der Waals surface area contributed by atoms with Crippen LogP contribution in [0.15, 0.2) is 30.8 Å². The topological polar surface area (TPSA) is 26.0 Å². The summed E-state index contributed by atoms with van der Waals surface area (Å²) in [5.41, 5.74) is 8.70. The van der Waals surface area contributed by atoms with Crippen LogP contribution in [-0.4, -0.2) is 0 Å². The van der Waals surface area contributed by atoms with Crippen LogP contribution < -0.4 is 5.73 Å². The Hall–Kier alpha value is -1.24. The molecule has 12 heavy (non-hydrogen) atoms. The molecule has 0 aromatic heterocycles. The van der Waals surface area contributed by atoms with Crippen LogP contribution in [0.3, 0.4) is 0 Å². The molecular formula is C11H13N. The Labute approximate surface area is 72.9 Å². The van der Waals surface area contributed by atoms with E-state index >= 15 is 0 Å². The van der Waals surface area contributed by atoms with Crippen LogP contribution in [0.2, 0.25) is 0 Å². The molecule has 1 fully saturated rings. The first-order valence-corrected chi connectivity index (χ1v) is 4.32. The summed E-state index contributed by atoms with van der Waals surface area (Å²) in [6.07, 6.45) is 2.70. The van der Waals surface area contributed by atoms with E-state index in [1.165, 1.54) is 18.4 Å². The van der Waals surface area contributed by atoms with Crippen molar-refractivity contribution in [3.63, 3.8) is 0 Å². The molecule has 0 heterocycles. The average molecular weight is 159 g/mol. The summed E-state index contributed by atoms with van der Waals surface area (Å²) in [6.45, 7) is 3.69. The van der Waals surface area contributed by atoms with Gasteiger partial charge in [-0.25, -0.2) is 0 Å². The molecule has 1 aromatic rings. The first-order chi connectivity index (χ1) is 5.77. The van der Waals surface area contributed by atoms with Gasteiger partial charge >= 0.3 is 0 Å². The van der Waals surface area contributed by atoms with E-state index < -0.39 is 0 Å². The first kappa shape index (κ1) is 7.41. The summed E-state index contributed by atoms with van der Waals surface area (Å²) in [7, 11) is 0. The van der Waals surface area contributed by atoms with Gasteiger partial charge in [0.1, 0.15) is 0 Å². The molecule has 1 aromatic carbocycles. The van der Waals surface area contributed by atoms with E-state index in [4.69, 9.17) is 5.73 Å². The third-order valence-corrected chi connectivity index (χ3v) is 2.33. The summed E-state index contributed by atoms with van der Waals surface area (Å²) >= 11 is 0. The van der Waals surface area contributed by atoms with Gasteiger partial charge in [0.15, 0.2) is 0 Å². The monoisotopic (exact) mass is 159 g/mol. The third kappa shape index (κ3) is 1.35. The van der Waals surface area contributed by atoms with E-state index in [1.807, 2.05) is 0 Å². The molecule has 1 nitrogen and oxygen atoms in total. The Morgan fingerprint density at radius 2 is 1.83 bits per heavy atom. The fraction of sp³-hybridized carbons (Fsp3) is 0.273. The molecule has 0 unspecified atom stereocenters. The van der Waals surface area contributed by atoms with Crippen molar-refractivity contribution in [2.24, 2.45) is 5.73 Å². The van der Waals surface area contributed by atoms with E-state index in [1.54, 1.807) is 0 Å². The number of hydrogen-bond acceptors (Lipinski definition) is 1. The van der Waals surface area contributed by atoms with Gasteiger partial charge in [-0.05, 0) is 29.9 Å². The van der Waals surface area contributed by atoms with Crippen molar-refractivity contribution in [1.82, 2.24) is 0 Å². The van der Waals surface area contributed by atoms with Crippen LogP contribution in [-0.2, 0) is 0 Å². The molecule has 1 saturated carbocycles. The zero-order valence-electron chi connectivity index (χ0n) is 7.09. The molecule has 0 saturated heterocycles. The van der Waals surface area contributed by atoms with Gasteiger partial charge in [-0.3, -0.25) is 0 Å². The van der Waals surface area contributed by atoms with Crippen molar-refractivity contribution in [3.05, 3.63) is 42.0 Å². The van der Waals surface area contributed by atoms with Crippen molar-refractivity contribution in [1.29, 1.82) is 0 Å². The Kier molecular flexibility index (Phi) is 1.65. The second-order valence-electron chi connectivity index (χ2n) is 3.42. The Morgan fingerprint density at radius 1 is 1.25 bits per heavy atom. The molecule has 1 aliphatic rings. The Balaban J connectivity index is 2.24. The van der Waals surface area contributed by atoms with Crippen molar-refractivity contribution in [3.8, 4) is 0 Å². The van der Waals surface area contributed by atoms with E-state index in [2.05, 4.69) is 30.8 Å². The van der Waals surface area contributed by atoms with Gasteiger partial charge in [0.2, 0.25) is 0 Å². The minimum absolute atomic E-state index is 0.650. The van der Waals surface area contributed by atoms with Crippen LogP contribution in [0.1, 0.15) is 29.9 Å². The summed E-state index contributed by atoms with van der Waals surface area (Å²) in [6, 6.07) is 8.42. The van der Waals surface area contributed by atoms with Gasteiger partial charge in [-0.2, -0.15) is 0 Å². The lowest BCUT2D eigenvalue weighted by atomic mass is 10.1. The number of nitrogens with two attached hydrogens (primary N) is 1. The number of hydrogen-bond donors (Lipinski definition) is 1. The summed E-state index contributed by atoms with van der Waals surface area (Å²) in [5, 5.41) is 0. The van der Waals surface area contributed by atoms with Crippen LogP contribution in [0.5, 0.6) is 0 Å². The van der Waals surface area contributed by atoms with E-state index in [0.29, 0.717) is 5.70 Å². The lowest BCUT2D eigenvalue weighted by Crippen LogP contribution is -1.93. The Morgan fingerprint density at radius 3 is 2.25 bits per heavy atom. The van der Waals surface area contributed by atoms with Gasteiger partial charge in [0.05, 0.1) is 0 Å². The largest absolute Gasteiger partial charge is 0.399 e. The van der Waals surface area contributed by atoms with Crippen LogP contribution in [0, 0.1) is 0 Å². The van der Waals surface area contributed by atoms with Crippen molar-refractivity contribution in [2.75, 3.05) is 0 Å². The van der Waals surface area contributed by atoms with Gasteiger partial charge in [0, 0.05) is 5.70 Å². The Bertz CT molecular complexity index is 293. The maximum Gasteiger partial charge on any atom is 0.0314 e. The summed E-state index contributed by atoms with van der Waals surface area (Å²) in [5.74, 6) is 0.824. The standard InChI is InChI=1S/C11H13N/c1-8(12)9-2-4-10(5-3-9)11-6-7-11/h2-5,11H,1,6-7,12H2. The maximum atomic E-state index is 5.56. The quantitative estimate of drug-likeness (QED) is 0.705. The fourth-order valence-electron chi connectivity index (χ4n) is 1.39. The van der Waals surface area contributed by atoms with Gasteiger partial charge in [-0.15, -0.1) is 0 Å².